The molecule has 0 saturated carbocycles. The fraction of sp³-hybridized carbons (Fsp3) is 0.227. The lowest BCUT2D eigenvalue weighted by Gasteiger charge is -1.99. The predicted octanol–water partition coefficient (Wildman–Crippen LogP) is 4.73. The summed E-state index contributed by atoms with van der Waals surface area (Å²) in [5.74, 6) is 0. The molecule has 1 heterocycles. The van der Waals surface area contributed by atoms with E-state index in [2.05, 4.69) is 90.9 Å². The van der Waals surface area contributed by atoms with Crippen LogP contribution in [0, 0.1) is 6.92 Å². The van der Waals surface area contributed by atoms with Crippen LogP contribution in [0.1, 0.15) is 24.0 Å². The molecule has 0 bridgehead atoms. The minimum Gasteiger partial charge on any atom is -0.351 e. The third-order valence-electron chi connectivity index (χ3n) is 3.81. The summed E-state index contributed by atoms with van der Waals surface area (Å²) < 4.78 is 0. The van der Waals surface area contributed by atoms with Crippen LogP contribution >= 0.6 is 0 Å². The van der Waals surface area contributed by atoms with E-state index >= 15 is 0 Å². The van der Waals surface area contributed by atoms with Crippen LogP contribution in [0.3, 0.4) is 0 Å². The van der Waals surface area contributed by atoms with Crippen molar-refractivity contribution < 1.29 is 0 Å². The molecule has 1 aromatic heterocycles. The van der Waals surface area contributed by atoms with E-state index in [4.69, 9.17) is 0 Å². The van der Waals surface area contributed by atoms with Gasteiger partial charge in [0, 0.05) is 12.4 Å². The first-order valence-electron chi connectivity index (χ1n) is 8.86. The smallest absolute Gasteiger partial charge is 0.151 e. The van der Waals surface area contributed by atoms with Crippen LogP contribution in [0.2, 0.25) is 6.32 Å². The van der Waals surface area contributed by atoms with E-state index in [1.165, 1.54) is 16.6 Å². The number of benzene rings is 2. The summed E-state index contributed by atoms with van der Waals surface area (Å²) in [6, 6.07) is 19.4. The molecule has 2 aromatic carbocycles. The van der Waals surface area contributed by atoms with Gasteiger partial charge in [0.05, 0.1) is 6.33 Å². The van der Waals surface area contributed by atoms with E-state index in [9.17, 15) is 0 Å². The molecular weight excluding hydrogens is 303 g/mol. The molecule has 1 N–H and O–H groups in total. The second-order valence-electron chi connectivity index (χ2n) is 5.95. The maximum atomic E-state index is 3.67. The zero-order valence-corrected chi connectivity index (χ0v) is 14.9. The van der Waals surface area contributed by atoms with Gasteiger partial charge in [-0.15, -0.1) is 0 Å². The van der Waals surface area contributed by atoms with Gasteiger partial charge in [0.2, 0.25) is 0 Å². The Bertz CT molecular complexity index is 671. The molecule has 127 valence electrons. The van der Waals surface area contributed by atoms with Crippen molar-refractivity contribution >= 4 is 12.7 Å². The highest BCUT2D eigenvalue weighted by molar-refractivity contribution is 6.53. The SMILES string of the molecule is Cc1ccc(CCC=CCC[B]c2ccccc2)cc1.c1c[nH]cn1. The molecule has 0 aliphatic heterocycles. The van der Waals surface area contributed by atoms with Gasteiger partial charge in [0.1, 0.15) is 0 Å². The maximum absolute atomic E-state index is 3.67. The van der Waals surface area contributed by atoms with E-state index in [-0.39, 0.29) is 0 Å². The largest absolute Gasteiger partial charge is 0.351 e. The molecule has 0 saturated heterocycles. The predicted molar refractivity (Wildman–Crippen MR) is 108 cm³/mol. The van der Waals surface area contributed by atoms with Crippen LogP contribution in [-0.2, 0) is 6.42 Å². The molecule has 3 heteroatoms. The van der Waals surface area contributed by atoms with Gasteiger partial charge >= 0.3 is 0 Å². The fourth-order valence-corrected chi connectivity index (χ4v) is 2.39. The van der Waals surface area contributed by atoms with E-state index in [0.717, 1.165) is 25.6 Å². The van der Waals surface area contributed by atoms with Crippen molar-refractivity contribution in [2.24, 2.45) is 0 Å². The Morgan fingerprint density at radius 3 is 2.36 bits per heavy atom. The Hall–Kier alpha value is -2.55. The van der Waals surface area contributed by atoms with Gasteiger partial charge in [0.25, 0.3) is 0 Å². The average Bonchev–Trinajstić information content (AvgIpc) is 3.23. The van der Waals surface area contributed by atoms with Crippen molar-refractivity contribution in [3.8, 4) is 0 Å². The van der Waals surface area contributed by atoms with E-state index in [1.807, 2.05) is 0 Å². The Morgan fingerprint density at radius 2 is 1.72 bits per heavy atom. The summed E-state index contributed by atoms with van der Waals surface area (Å²) in [5.41, 5.74) is 4.08. The number of imidazole rings is 1. The zero-order valence-electron chi connectivity index (χ0n) is 14.9. The van der Waals surface area contributed by atoms with E-state index in [0.29, 0.717) is 0 Å². The molecule has 0 fully saturated rings. The number of hydrogen-bond acceptors (Lipinski definition) is 1. The number of aromatic amines is 1. The Morgan fingerprint density at radius 1 is 0.960 bits per heavy atom. The van der Waals surface area contributed by atoms with Crippen LogP contribution in [0.4, 0.5) is 0 Å². The second-order valence-corrected chi connectivity index (χ2v) is 5.95. The summed E-state index contributed by atoms with van der Waals surface area (Å²) in [6.07, 6.45) is 14.2. The van der Waals surface area contributed by atoms with E-state index in [1.54, 1.807) is 18.7 Å². The molecule has 0 amide bonds. The third kappa shape index (κ3) is 8.76. The number of nitrogens with one attached hydrogen (secondary N) is 1. The number of hydrogen-bond donors (Lipinski definition) is 1. The van der Waals surface area contributed by atoms with E-state index < -0.39 is 0 Å². The monoisotopic (exact) mass is 329 g/mol. The first-order chi connectivity index (χ1) is 12.3. The summed E-state index contributed by atoms with van der Waals surface area (Å²) in [7, 11) is 2.30. The summed E-state index contributed by atoms with van der Waals surface area (Å²) in [6.45, 7) is 2.13. The highest BCUT2D eigenvalue weighted by Gasteiger charge is 1.93. The van der Waals surface area contributed by atoms with Crippen LogP contribution in [-0.4, -0.2) is 17.2 Å². The lowest BCUT2D eigenvalue weighted by atomic mass is 9.66. The molecule has 0 aliphatic carbocycles. The van der Waals surface area contributed by atoms with Crippen LogP contribution in [0.15, 0.2) is 85.5 Å². The Kier molecular flexibility index (Phi) is 8.95. The molecule has 0 unspecified atom stereocenters. The number of allylic oxidation sites excluding steroid dienone is 2. The zero-order chi connectivity index (χ0) is 17.6. The first kappa shape index (κ1) is 18.8. The van der Waals surface area contributed by atoms with Crippen molar-refractivity contribution in [1.82, 2.24) is 9.97 Å². The molecule has 3 aromatic rings. The van der Waals surface area contributed by atoms with Gasteiger partial charge in [-0.05, 0) is 31.7 Å². The van der Waals surface area contributed by atoms with Crippen molar-refractivity contribution in [1.29, 1.82) is 0 Å². The molecule has 2 nitrogen and oxygen atoms in total. The average molecular weight is 329 g/mol. The number of aryl methyl sites for hydroxylation is 2. The lowest BCUT2D eigenvalue weighted by molar-refractivity contribution is 0.990. The van der Waals surface area contributed by atoms with Gasteiger partial charge in [-0.25, -0.2) is 4.98 Å². The number of aromatic nitrogens is 2. The summed E-state index contributed by atoms with van der Waals surface area (Å²) in [5, 5.41) is 0. The standard InChI is InChI=1S/C19H22B.C3H4N2/c1-17-12-14-18(15-13-17)9-5-2-3-8-16-20-19-10-6-4-7-11-19;1-2-5-3-4-1/h2-4,6-7,10-15H,5,8-9,16H2,1H3;1-3H,(H,4,5). The van der Waals surface area contributed by atoms with Gasteiger partial charge < -0.3 is 4.98 Å². The van der Waals surface area contributed by atoms with Crippen LogP contribution < -0.4 is 5.46 Å². The molecule has 1 radical (unpaired) electrons. The fourth-order valence-electron chi connectivity index (χ4n) is 2.39. The van der Waals surface area contributed by atoms with Crippen molar-refractivity contribution in [3.63, 3.8) is 0 Å². The van der Waals surface area contributed by atoms with Crippen LogP contribution in [0.25, 0.3) is 0 Å². The minimum absolute atomic E-state index is 1.12. The summed E-state index contributed by atoms with van der Waals surface area (Å²) >= 11 is 0. The molecular formula is C22H26BN2. The molecule has 0 atom stereocenters. The molecule has 0 aliphatic rings. The highest BCUT2D eigenvalue weighted by Crippen LogP contribution is 2.06. The van der Waals surface area contributed by atoms with Crippen molar-refractivity contribution in [2.75, 3.05) is 0 Å². The summed E-state index contributed by atoms with van der Waals surface area (Å²) in [4.78, 5) is 6.42. The first-order valence-corrected chi connectivity index (χ1v) is 8.86. The lowest BCUT2D eigenvalue weighted by Crippen LogP contribution is -2.11. The van der Waals surface area contributed by atoms with Crippen molar-refractivity contribution in [2.45, 2.75) is 32.5 Å². The van der Waals surface area contributed by atoms with Gasteiger partial charge in [-0.3, -0.25) is 0 Å². The van der Waals surface area contributed by atoms with Crippen LogP contribution in [0.5, 0.6) is 0 Å². The quantitative estimate of drug-likeness (QED) is 0.379. The molecule has 3 rings (SSSR count). The topological polar surface area (TPSA) is 28.7 Å². The minimum atomic E-state index is 1.12. The van der Waals surface area contributed by atoms with Gasteiger partial charge in [-0.2, -0.15) is 0 Å². The van der Waals surface area contributed by atoms with Crippen molar-refractivity contribution in [3.05, 3.63) is 96.6 Å². The normalized spacial score (nSPS) is 10.3. The Balaban J connectivity index is 0.000000386. The van der Waals surface area contributed by atoms with Gasteiger partial charge in [-0.1, -0.05) is 84.1 Å². The van der Waals surface area contributed by atoms with Gasteiger partial charge in [0.15, 0.2) is 7.28 Å². The Labute approximate surface area is 152 Å². The molecule has 25 heavy (non-hydrogen) atoms. The maximum Gasteiger partial charge on any atom is 0.151 e. The number of rotatable bonds is 7. The highest BCUT2D eigenvalue weighted by atomic mass is 14.8. The number of H-pyrrole nitrogens is 1. The second kappa shape index (κ2) is 11.9. The third-order valence-corrected chi connectivity index (χ3v) is 3.81. The number of nitrogens with zero attached hydrogens (tertiary/aromatic N) is 1. The molecule has 0 spiro atoms.